The summed E-state index contributed by atoms with van der Waals surface area (Å²) < 4.78 is 10.7. The van der Waals surface area contributed by atoms with Crippen molar-refractivity contribution < 1.29 is 33.8 Å². The van der Waals surface area contributed by atoms with Gasteiger partial charge in [-0.15, -0.1) is 0 Å². The van der Waals surface area contributed by atoms with E-state index in [0.717, 1.165) is 38.5 Å². The predicted molar refractivity (Wildman–Crippen MR) is 200 cm³/mol. The minimum atomic E-state index is -1.05. The number of carboxylic acid groups (broad SMARTS) is 1. The maximum Gasteiger partial charge on any atom is 0.305 e. The average Bonchev–Trinajstić information content (AvgIpc) is 3.03. The number of esters is 2. The molecule has 0 aliphatic carbocycles. The molecule has 1 amide bonds. The van der Waals surface area contributed by atoms with E-state index in [-0.39, 0.29) is 57.0 Å². The van der Waals surface area contributed by atoms with Gasteiger partial charge in [-0.05, 0) is 25.7 Å². The van der Waals surface area contributed by atoms with Crippen LogP contribution in [0.2, 0.25) is 0 Å². The number of hydrogen-bond acceptors (Lipinski definition) is 10. The van der Waals surface area contributed by atoms with Gasteiger partial charge in [-0.2, -0.15) is 0 Å². The van der Waals surface area contributed by atoms with E-state index in [9.17, 15) is 19.2 Å². The lowest BCUT2D eigenvalue weighted by atomic mass is 10.1. The Bertz CT molecular complexity index is 715. The van der Waals surface area contributed by atoms with Gasteiger partial charge in [-0.3, -0.25) is 19.2 Å². The fourth-order valence-corrected chi connectivity index (χ4v) is 8.31. The minimum Gasteiger partial charge on any atom is -0.481 e. The van der Waals surface area contributed by atoms with Crippen LogP contribution in [0.5, 0.6) is 0 Å². The number of aliphatic carboxylic acids is 1. The van der Waals surface area contributed by atoms with Crippen LogP contribution < -0.4 is 0 Å². The van der Waals surface area contributed by atoms with Crippen LogP contribution in [0.4, 0.5) is 0 Å². The van der Waals surface area contributed by atoms with Crippen LogP contribution in [0, 0.1) is 0 Å². The molecule has 0 saturated carbocycles. The van der Waals surface area contributed by atoms with Gasteiger partial charge in [0.05, 0.1) is 19.5 Å². The van der Waals surface area contributed by atoms with Gasteiger partial charge in [-0.1, -0.05) is 134 Å². The third-order valence-electron chi connectivity index (χ3n) is 7.27. The Morgan fingerprint density at radius 2 is 0.870 bits per heavy atom. The number of ether oxygens (including phenoxy) is 2. The van der Waals surface area contributed by atoms with Crippen molar-refractivity contribution in [2.24, 2.45) is 0 Å². The summed E-state index contributed by atoms with van der Waals surface area (Å²) >= 11 is 0. The van der Waals surface area contributed by atoms with Crippen molar-refractivity contribution in [2.75, 3.05) is 49.3 Å². The zero-order chi connectivity index (χ0) is 33.9. The van der Waals surface area contributed by atoms with Crippen LogP contribution in [0.3, 0.4) is 0 Å². The minimum absolute atomic E-state index is 0.0392. The summed E-state index contributed by atoms with van der Waals surface area (Å²) in [7, 11) is 7.80. The average molecular weight is 726 g/mol. The molecule has 8 nitrogen and oxygen atoms in total. The third-order valence-corrected chi connectivity index (χ3v) is 12.4. The van der Waals surface area contributed by atoms with Crippen molar-refractivity contribution in [1.82, 2.24) is 4.90 Å². The molecular weight excluding hydrogens is 663 g/mol. The molecule has 0 atom stereocenters. The highest BCUT2D eigenvalue weighted by molar-refractivity contribution is 8.77. The predicted octanol–water partition coefficient (Wildman–Crippen LogP) is 9.59. The van der Waals surface area contributed by atoms with Gasteiger partial charge in [0.15, 0.2) is 0 Å². The highest BCUT2D eigenvalue weighted by Gasteiger charge is 2.16. The Morgan fingerprint density at radius 3 is 1.24 bits per heavy atom. The van der Waals surface area contributed by atoms with Crippen LogP contribution in [-0.4, -0.2) is 83.1 Å². The summed E-state index contributed by atoms with van der Waals surface area (Å²) in [6.45, 7) is 4.74. The fourth-order valence-electron chi connectivity index (χ4n) is 4.68. The zero-order valence-corrected chi connectivity index (χ0v) is 32.0. The van der Waals surface area contributed by atoms with E-state index in [1.807, 2.05) is 43.2 Å². The Hall–Kier alpha value is -0.720. The molecule has 270 valence electrons. The van der Waals surface area contributed by atoms with E-state index in [0.29, 0.717) is 12.8 Å². The van der Waals surface area contributed by atoms with Crippen molar-refractivity contribution in [3.8, 4) is 0 Å². The summed E-state index contributed by atoms with van der Waals surface area (Å²) in [5.74, 6) is 2.84. The van der Waals surface area contributed by atoms with E-state index in [2.05, 4.69) is 13.8 Å². The van der Waals surface area contributed by atoms with E-state index in [4.69, 9.17) is 14.6 Å². The van der Waals surface area contributed by atoms with Crippen molar-refractivity contribution in [3.63, 3.8) is 0 Å². The lowest BCUT2D eigenvalue weighted by Crippen LogP contribution is -2.37. The summed E-state index contributed by atoms with van der Waals surface area (Å²) in [5, 5.41) is 8.95. The largest absolute Gasteiger partial charge is 0.481 e. The number of amides is 1. The third kappa shape index (κ3) is 33.2. The van der Waals surface area contributed by atoms with Gasteiger partial charge in [0.25, 0.3) is 0 Å². The van der Waals surface area contributed by atoms with Crippen LogP contribution in [0.15, 0.2) is 0 Å². The van der Waals surface area contributed by atoms with Crippen molar-refractivity contribution in [2.45, 2.75) is 142 Å². The second-order valence-electron chi connectivity index (χ2n) is 11.3. The molecular formula is C34H63NO7S4. The van der Waals surface area contributed by atoms with Gasteiger partial charge in [-0.25, -0.2) is 0 Å². The molecule has 0 heterocycles. The molecule has 0 fully saturated rings. The van der Waals surface area contributed by atoms with Crippen molar-refractivity contribution >= 4 is 67.0 Å². The summed E-state index contributed by atoms with van der Waals surface area (Å²) in [5.41, 5.74) is 0. The molecule has 0 bridgehead atoms. The first kappa shape index (κ1) is 45.3. The molecule has 0 aromatic rings. The second-order valence-corrected chi connectivity index (χ2v) is 17.1. The van der Waals surface area contributed by atoms with E-state index < -0.39 is 5.97 Å². The molecule has 0 aromatic heterocycles. The Morgan fingerprint density at radius 1 is 0.500 bits per heavy atom. The molecule has 0 saturated heterocycles. The topological polar surface area (TPSA) is 110 Å². The zero-order valence-electron chi connectivity index (χ0n) is 28.8. The molecule has 1 N–H and O–H groups in total. The molecule has 0 aromatic carbocycles. The number of nitrogens with zero attached hydrogens (tertiary/aromatic N) is 1. The molecule has 0 radical (unpaired) electrons. The number of carboxylic acids is 1. The number of carbonyl (C=O) groups excluding carboxylic acids is 3. The Labute approximate surface area is 296 Å². The maximum atomic E-state index is 12.6. The van der Waals surface area contributed by atoms with Crippen LogP contribution in [-0.2, 0) is 28.7 Å². The molecule has 12 heteroatoms. The lowest BCUT2D eigenvalue weighted by molar-refractivity contribution is -0.148. The summed E-state index contributed by atoms with van der Waals surface area (Å²) in [4.78, 5) is 49.3. The van der Waals surface area contributed by atoms with Gasteiger partial charge in [0.1, 0.15) is 13.2 Å². The van der Waals surface area contributed by atoms with Gasteiger partial charge in [0.2, 0.25) is 5.91 Å². The molecule has 0 spiro atoms. The number of hydrogen-bond donors (Lipinski definition) is 1. The molecule has 46 heavy (non-hydrogen) atoms. The van der Waals surface area contributed by atoms with Crippen molar-refractivity contribution in [1.29, 1.82) is 0 Å². The first-order chi connectivity index (χ1) is 22.4. The molecule has 0 rings (SSSR count). The second kappa shape index (κ2) is 35.6. The van der Waals surface area contributed by atoms with E-state index in [1.165, 1.54) is 92.1 Å². The van der Waals surface area contributed by atoms with E-state index >= 15 is 0 Å². The van der Waals surface area contributed by atoms with Crippen molar-refractivity contribution in [3.05, 3.63) is 0 Å². The van der Waals surface area contributed by atoms with Gasteiger partial charge >= 0.3 is 17.9 Å². The highest BCUT2D eigenvalue weighted by atomic mass is 33.1. The normalized spacial score (nSPS) is 11.0. The maximum absolute atomic E-state index is 12.6. The summed E-state index contributed by atoms with van der Waals surface area (Å²) in [6.07, 6.45) is 18.7. The standard InChI is InChI=1S/C34H63NO7S4/c1-3-43-45-29-19-15-11-7-5-9-13-17-21-33(39)41-27-25-35(31(36)23-24-32(37)38)26-28-42-34(40)22-18-14-10-6-8-12-16-20-30-46-44-4-2/h3-30H2,1-2H3,(H,37,38). The van der Waals surface area contributed by atoms with Gasteiger partial charge in [0, 0.05) is 42.3 Å². The Balaban J connectivity index is 4.01. The lowest BCUT2D eigenvalue weighted by Gasteiger charge is -2.22. The van der Waals surface area contributed by atoms with Crippen LogP contribution in [0.25, 0.3) is 0 Å². The SMILES string of the molecule is CCSSCCCCCCCCCCC(=O)OCCN(CCOC(=O)CCCCCCCCCCSSCC)C(=O)CCC(=O)O. The first-order valence-corrected chi connectivity index (χ1v) is 22.7. The van der Waals surface area contributed by atoms with Crippen LogP contribution >= 0.6 is 43.2 Å². The fraction of sp³-hybridized carbons (Fsp3) is 0.882. The highest BCUT2D eigenvalue weighted by Crippen LogP contribution is 2.23. The monoisotopic (exact) mass is 725 g/mol. The van der Waals surface area contributed by atoms with Gasteiger partial charge < -0.3 is 19.5 Å². The first-order valence-electron chi connectivity index (χ1n) is 17.7. The number of unbranched alkanes of at least 4 members (excludes halogenated alkanes) is 14. The number of carbonyl (C=O) groups is 4. The summed E-state index contributed by atoms with van der Waals surface area (Å²) in [6, 6.07) is 0. The number of rotatable bonds is 35. The molecule has 0 unspecified atom stereocenters. The smallest absolute Gasteiger partial charge is 0.305 e. The molecule has 0 aliphatic heterocycles. The molecule has 0 aliphatic rings. The Kier molecular flexibility index (Phi) is 35.0. The van der Waals surface area contributed by atoms with E-state index in [1.54, 1.807) is 0 Å². The quantitative estimate of drug-likeness (QED) is 0.0383. The van der Waals surface area contributed by atoms with Crippen LogP contribution in [0.1, 0.15) is 142 Å².